The molecule has 218 valence electrons. The summed E-state index contributed by atoms with van der Waals surface area (Å²) in [5, 5.41) is 10.2. The van der Waals surface area contributed by atoms with Crippen molar-refractivity contribution in [2.75, 3.05) is 12.4 Å². The summed E-state index contributed by atoms with van der Waals surface area (Å²) in [7, 11) is 0. The second-order valence-corrected chi connectivity index (χ2v) is 13.7. The van der Waals surface area contributed by atoms with Crippen molar-refractivity contribution in [3.05, 3.63) is 125 Å². The molecule has 0 spiro atoms. The number of unbranched alkanes of at least 4 members (excludes halogenated alkanes) is 2. The summed E-state index contributed by atoms with van der Waals surface area (Å²) in [4.78, 5) is 0.915. The predicted octanol–water partition coefficient (Wildman–Crippen LogP) is 9.34. The van der Waals surface area contributed by atoms with E-state index in [4.69, 9.17) is 4.74 Å². The molecule has 4 aromatic rings. The van der Waals surface area contributed by atoms with Crippen molar-refractivity contribution in [3.63, 3.8) is 0 Å². The Labute approximate surface area is 254 Å². The molecule has 0 fully saturated rings. The van der Waals surface area contributed by atoms with Gasteiger partial charge in [0.2, 0.25) is 0 Å². The Morgan fingerprint density at radius 1 is 0.786 bits per heavy atom. The van der Waals surface area contributed by atoms with Crippen LogP contribution in [0.4, 0.5) is 0 Å². The van der Waals surface area contributed by atoms with E-state index < -0.39 is 11.2 Å². The number of aromatic hydroxyl groups is 1. The van der Waals surface area contributed by atoms with Gasteiger partial charge in [-0.1, -0.05) is 81.4 Å². The van der Waals surface area contributed by atoms with Gasteiger partial charge in [0.25, 0.3) is 0 Å². The second kappa shape index (κ2) is 13.7. The quantitative estimate of drug-likeness (QED) is 0.151. The molecule has 0 saturated heterocycles. The molecule has 1 N–H and O–H groups in total. The smallest absolute Gasteiger partial charge is 0.152 e. The zero-order valence-electron chi connectivity index (χ0n) is 25.1. The maximum absolute atomic E-state index is 12.7. The number of phenolic OH excluding ortho intramolecular Hbond substituents is 1. The monoisotopic (exact) mass is 578 g/mol. The molecule has 0 radical (unpaired) electrons. The van der Waals surface area contributed by atoms with Gasteiger partial charge >= 0.3 is 0 Å². The molecule has 1 unspecified atom stereocenters. The molecule has 1 aliphatic carbocycles. The Balaban J connectivity index is 1.18. The van der Waals surface area contributed by atoms with E-state index in [-0.39, 0.29) is 5.41 Å². The highest BCUT2D eigenvalue weighted by molar-refractivity contribution is 7.91. The van der Waals surface area contributed by atoms with Gasteiger partial charge in [-0.3, -0.25) is 0 Å². The van der Waals surface area contributed by atoms with Crippen LogP contribution in [0.3, 0.4) is 0 Å². The molecule has 4 aromatic carbocycles. The first-order chi connectivity index (χ1) is 20.3. The zero-order valence-corrected chi connectivity index (χ0v) is 25.9. The first-order valence-corrected chi connectivity index (χ1v) is 16.4. The summed E-state index contributed by atoms with van der Waals surface area (Å²) in [6.07, 6.45) is 5.81. The van der Waals surface area contributed by atoms with Crippen LogP contribution in [0.15, 0.2) is 102 Å². The minimum atomic E-state index is -0.960. The maximum Gasteiger partial charge on any atom is 0.152 e. The van der Waals surface area contributed by atoms with Crippen molar-refractivity contribution < 1.29 is 14.4 Å². The number of ether oxygens (including phenoxy) is 1. The molecule has 1 atom stereocenters. The SMILES string of the molecule is CC(C)(C)c1ccc([S+]([O-])CCCCCOc2ccc(C3=C(c4ccccc4)CCCc4cc(O)ccc43)cc2)cc1. The third kappa shape index (κ3) is 7.48. The lowest BCUT2D eigenvalue weighted by molar-refractivity contribution is 0.306. The molecule has 0 saturated carbocycles. The molecular formula is C38H42O3S. The minimum absolute atomic E-state index is 0.105. The average Bonchev–Trinajstić information content (AvgIpc) is 3.18. The lowest BCUT2D eigenvalue weighted by atomic mass is 9.87. The van der Waals surface area contributed by atoms with Gasteiger partial charge in [-0.05, 0) is 130 Å². The Hall–Kier alpha value is -3.47. The van der Waals surface area contributed by atoms with Crippen LogP contribution in [0.2, 0.25) is 0 Å². The first kappa shape index (κ1) is 30.0. The van der Waals surface area contributed by atoms with Crippen molar-refractivity contribution in [1.82, 2.24) is 0 Å². The van der Waals surface area contributed by atoms with Crippen molar-refractivity contribution in [2.24, 2.45) is 0 Å². The van der Waals surface area contributed by atoms with Gasteiger partial charge in [0.1, 0.15) is 17.3 Å². The Morgan fingerprint density at radius 2 is 1.52 bits per heavy atom. The van der Waals surface area contributed by atoms with Gasteiger partial charge in [0, 0.05) is 0 Å². The summed E-state index contributed by atoms with van der Waals surface area (Å²) < 4.78 is 18.8. The number of benzene rings is 4. The molecule has 5 rings (SSSR count). The summed E-state index contributed by atoms with van der Waals surface area (Å²) in [6.45, 7) is 7.23. The largest absolute Gasteiger partial charge is 0.611 e. The lowest BCUT2D eigenvalue weighted by Gasteiger charge is -2.19. The summed E-state index contributed by atoms with van der Waals surface area (Å²) >= 11 is -0.960. The third-order valence-electron chi connectivity index (χ3n) is 8.02. The van der Waals surface area contributed by atoms with Gasteiger partial charge in [0.15, 0.2) is 4.90 Å². The molecule has 0 amide bonds. The van der Waals surface area contributed by atoms with E-state index in [1.54, 1.807) is 6.07 Å². The fourth-order valence-electron chi connectivity index (χ4n) is 5.68. The number of rotatable bonds is 10. The van der Waals surface area contributed by atoms with Crippen LogP contribution in [-0.2, 0) is 23.0 Å². The number of phenols is 1. The van der Waals surface area contributed by atoms with Crippen molar-refractivity contribution in [1.29, 1.82) is 0 Å². The predicted molar refractivity (Wildman–Crippen MR) is 176 cm³/mol. The standard InChI is InChI=1S/C38H42O3S/c1-38(2,3)31-17-22-34(23-18-31)42(40)26-9-5-8-25-41-33-20-15-29(16-21-33)37-35(28-11-6-4-7-12-28)14-10-13-30-27-32(39)19-24-36(30)37/h4,6-7,11-12,15-24,27,39H,5,8-10,13-14,25-26H2,1-3H3. The van der Waals surface area contributed by atoms with Crippen LogP contribution in [0.5, 0.6) is 11.5 Å². The highest BCUT2D eigenvalue weighted by Gasteiger charge is 2.21. The fraction of sp³-hybridized carbons (Fsp3) is 0.316. The Kier molecular flexibility index (Phi) is 9.76. The van der Waals surface area contributed by atoms with Crippen LogP contribution >= 0.6 is 0 Å². The number of fused-ring (bicyclic) bond motifs is 1. The molecule has 4 heteroatoms. The van der Waals surface area contributed by atoms with E-state index >= 15 is 0 Å². The fourth-order valence-corrected chi connectivity index (χ4v) is 6.82. The number of allylic oxidation sites excluding steroid dienone is 1. The molecule has 3 nitrogen and oxygen atoms in total. The minimum Gasteiger partial charge on any atom is -0.611 e. The van der Waals surface area contributed by atoms with Crippen molar-refractivity contribution >= 4 is 22.3 Å². The Bertz CT molecular complexity index is 1480. The van der Waals surface area contributed by atoms with Crippen LogP contribution in [0.1, 0.15) is 80.7 Å². The van der Waals surface area contributed by atoms with Crippen LogP contribution in [-0.4, -0.2) is 22.0 Å². The van der Waals surface area contributed by atoms with Gasteiger partial charge < -0.3 is 14.4 Å². The van der Waals surface area contributed by atoms with Crippen molar-refractivity contribution in [2.45, 2.75) is 69.6 Å². The summed E-state index contributed by atoms with van der Waals surface area (Å²) in [5.74, 6) is 1.87. The number of hydrogen-bond acceptors (Lipinski definition) is 3. The first-order valence-electron chi connectivity index (χ1n) is 15.1. The van der Waals surface area contributed by atoms with E-state index in [0.717, 1.165) is 54.7 Å². The van der Waals surface area contributed by atoms with Crippen LogP contribution in [0, 0.1) is 0 Å². The van der Waals surface area contributed by atoms with Gasteiger partial charge in [-0.25, -0.2) is 0 Å². The number of aryl methyl sites for hydroxylation is 1. The zero-order chi connectivity index (χ0) is 29.5. The summed E-state index contributed by atoms with van der Waals surface area (Å²) in [5.41, 5.74) is 8.75. The summed E-state index contributed by atoms with van der Waals surface area (Å²) in [6, 6.07) is 33.1. The van der Waals surface area contributed by atoms with E-state index in [0.29, 0.717) is 18.1 Å². The topological polar surface area (TPSA) is 52.5 Å². The van der Waals surface area contributed by atoms with E-state index in [9.17, 15) is 9.66 Å². The normalized spacial score (nSPS) is 14.3. The molecule has 0 aromatic heterocycles. The molecule has 0 heterocycles. The van der Waals surface area contributed by atoms with Crippen molar-refractivity contribution in [3.8, 4) is 11.5 Å². The van der Waals surface area contributed by atoms with E-state index in [2.05, 4.69) is 93.6 Å². The lowest BCUT2D eigenvalue weighted by Crippen LogP contribution is -2.12. The molecule has 0 aliphatic heterocycles. The van der Waals surface area contributed by atoms with Gasteiger partial charge in [-0.2, -0.15) is 0 Å². The van der Waals surface area contributed by atoms with E-state index in [1.807, 2.05) is 18.2 Å². The van der Waals surface area contributed by atoms with Gasteiger partial charge in [0.05, 0.1) is 6.61 Å². The second-order valence-electron chi connectivity index (χ2n) is 12.2. The van der Waals surface area contributed by atoms with Crippen LogP contribution < -0.4 is 4.74 Å². The Morgan fingerprint density at radius 3 is 2.24 bits per heavy atom. The molecule has 42 heavy (non-hydrogen) atoms. The highest BCUT2D eigenvalue weighted by atomic mass is 32.2. The molecule has 0 bridgehead atoms. The average molecular weight is 579 g/mol. The third-order valence-corrected chi connectivity index (χ3v) is 9.48. The maximum atomic E-state index is 12.7. The highest BCUT2D eigenvalue weighted by Crippen LogP contribution is 2.41. The van der Waals surface area contributed by atoms with E-state index in [1.165, 1.54) is 33.4 Å². The molecule has 1 aliphatic rings. The number of hydrogen-bond donors (Lipinski definition) is 1. The molecular weight excluding hydrogens is 536 g/mol. The van der Waals surface area contributed by atoms with Crippen LogP contribution in [0.25, 0.3) is 11.1 Å². The van der Waals surface area contributed by atoms with Gasteiger partial charge in [-0.15, -0.1) is 0 Å².